The molecule has 3 rings (SSSR count). The summed E-state index contributed by atoms with van der Waals surface area (Å²) >= 11 is 0. The van der Waals surface area contributed by atoms with Gasteiger partial charge in [0.2, 0.25) is 0 Å². The molecule has 25 heavy (non-hydrogen) atoms. The minimum absolute atomic E-state index is 0.316. The van der Waals surface area contributed by atoms with E-state index in [1.165, 1.54) is 0 Å². The van der Waals surface area contributed by atoms with Crippen molar-refractivity contribution in [2.75, 3.05) is 10.6 Å². The summed E-state index contributed by atoms with van der Waals surface area (Å²) in [4.78, 5) is 8.83. The largest absolute Gasteiger partial charge is 0.457 e. The van der Waals surface area contributed by atoms with Crippen LogP contribution in [0.4, 0.5) is 17.3 Å². The number of anilines is 3. The number of hydrogen-bond donors (Lipinski definition) is 2. The van der Waals surface area contributed by atoms with E-state index in [0.29, 0.717) is 6.04 Å². The number of aryl methyl sites for hydroxylation is 1. The lowest BCUT2D eigenvalue weighted by atomic mass is 10.3. The van der Waals surface area contributed by atoms with Crippen LogP contribution in [0.2, 0.25) is 0 Å². The van der Waals surface area contributed by atoms with Crippen LogP contribution < -0.4 is 15.4 Å². The summed E-state index contributed by atoms with van der Waals surface area (Å²) in [5.74, 6) is 3.90. The number of rotatable bonds is 6. The van der Waals surface area contributed by atoms with Crippen molar-refractivity contribution in [1.82, 2.24) is 9.97 Å². The monoisotopic (exact) mass is 334 g/mol. The first kappa shape index (κ1) is 16.8. The Morgan fingerprint density at radius 1 is 0.840 bits per heavy atom. The van der Waals surface area contributed by atoms with Gasteiger partial charge in [0.1, 0.15) is 29.0 Å². The molecule has 0 unspecified atom stereocenters. The molecule has 5 nitrogen and oxygen atoms in total. The Morgan fingerprint density at radius 3 is 2.16 bits per heavy atom. The van der Waals surface area contributed by atoms with E-state index in [2.05, 4.69) is 34.4 Å². The average Bonchev–Trinajstić information content (AvgIpc) is 2.56. The van der Waals surface area contributed by atoms with Gasteiger partial charge in [-0.1, -0.05) is 18.2 Å². The molecule has 0 bridgehead atoms. The molecule has 1 aromatic heterocycles. The third-order valence-corrected chi connectivity index (χ3v) is 3.38. The van der Waals surface area contributed by atoms with E-state index in [1.807, 2.05) is 67.6 Å². The molecule has 0 fully saturated rings. The zero-order chi connectivity index (χ0) is 17.6. The van der Waals surface area contributed by atoms with Gasteiger partial charge in [0.15, 0.2) is 0 Å². The van der Waals surface area contributed by atoms with Gasteiger partial charge in [0.25, 0.3) is 0 Å². The first-order chi connectivity index (χ1) is 12.1. The fraction of sp³-hybridized carbons (Fsp3) is 0.200. The van der Waals surface area contributed by atoms with Gasteiger partial charge in [0.05, 0.1) is 0 Å². The van der Waals surface area contributed by atoms with Gasteiger partial charge in [-0.15, -0.1) is 0 Å². The van der Waals surface area contributed by atoms with Crippen molar-refractivity contribution in [2.24, 2.45) is 0 Å². The minimum atomic E-state index is 0.316. The van der Waals surface area contributed by atoms with Crippen molar-refractivity contribution in [3.8, 4) is 11.5 Å². The normalized spacial score (nSPS) is 10.6. The van der Waals surface area contributed by atoms with E-state index >= 15 is 0 Å². The lowest BCUT2D eigenvalue weighted by Gasteiger charge is -2.12. The van der Waals surface area contributed by atoms with Crippen molar-refractivity contribution in [3.05, 3.63) is 66.5 Å². The lowest BCUT2D eigenvalue weighted by Crippen LogP contribution is -2.12. The highest BCUT2D eigenvalue weighted by Crippen LogP contribution is 2.24. The molecule has 0 saturated heterocycles. The predicted molar refractivity (Wildman–Crippen MR) is 102 cm³/mol. The molecule has 5 heteroatoms. The Kier molecular flexibility index (Phi) is 5.14. The van der Waals surface area contributed by atoms with Gasteiger partial charge in [0, 0.05) is 17.8 Å². The molecule has 0 spiro atoms. The molecule has 0 aliphatic heterocycles. The smallest absolute Gasteiger partial charge is 0.136 e. The summed E-state index contributed by atoms with van der Waals surface area (Å²) in [5.41, 5.74) is 0.939. The molecule has 0 aliphatic rings. The van der Waals surface area contributed by atoms with Crippen LogP contribution in [0, 0.1) is 6.92 Å². The Morgan fingerprint density at radius 2 is 1.48 bits per heavy atom. The van der Waals surface area contributed by atoms with Crippen LogP contribution in [-0.2, 0) is 0 Å². The fourth-order valence-corrected chi connectivity index (χ4v) is 2.38. The summed E-state index contributed by atoms with van der Waals surface area (Å²) in [6.07, 6.45) is 0. The second-order valence-corrected chi connectivity index (χ2v) is 6.05. The highest BCUT2D eigenvalue weighted by Gasteiger charge is 2.04. The van der Waals surface area contributed by atoms with Crippen LogP contribution in [0.15, 0.2) is 60.7 Å². The van der Waals surface area contributed by atoms with Gasteiger partial charge < -0.3 is 15.4 Å². The maximum absolute atomic E-state index is 5.80. The predicted octanol–water partition coefficient (Wildman–Crippen LogP) is 5.14. The fourth-order valence-electron chi connectivity index (χ4n) is 2.38. The average molecular weight is 334 g/mol. The van der Waals surface area contributed by atoms with Crippen LogP contribution in [0.5, 0.6) is 11.5 Å². The van der Waals surface area contributed by atoms with Crippen molar-refractivity contribution in [2.45, 2.75) is 26.8 Å². The summed E-state index contributed by atoms with van der Waals surface area (Å²) in [7, 11) is 0. The molecular formula is C20H22N4O. The zero-order valence-corrected chi connectivity index (χ0v) is 14.7. The second-order valence-electron chi connectivity index (χ2n) is 6.05. The second kappa shape index (κ2) is 7.66. The van der Waals surface area contributed by atoms with E-state index in [1.54, 1.807) is 0 Å². The number of aromatic nitrogens is 2. The highest BCUT2D eigenvalue weighted by atomic mass is 16.5. The lowest BCUT2D eigenvalue weighted by molar-refractivity contribution is 0.483. The maximum Gasteiger partial charge on any atom is 0.136 e. The summed E-state index contributed by atoms with van der Waals surface area (Å²) in [5, 5.41) is 6.60. The number of para-hydroxylation sites is 1. The Labute approximate surface area is 148 Å². The van der Waals surface area contributed by atoms with E-state index < -0.39 is 0 Å². The molecular weight excluding hydrogens is 312 g/mol. The van der Waals surface area contributed by atoms with Crippen LogP contribution in [0.3, 0.4) is 0 Å². The summed E-state index contributed by atoms with van der Waals surface area (Å²) in [6.45, 7) is 6.04. The van der Waals surface area contributed by atoms with Crippen LogP contribution in [0.25, 0.3) is 0 Å². The summed E-state index contributed by atoms with van der Waals surface area (Å²) in [6, 6.07) is 19.7. The van der Waals surface area contributed by atoms with Gasteiger partial charge in [-0.3, -0.25) is 0 Å². The summed E-state index contributed by atoms with van der Waals surface area (Å²) < 4.78 is 5.80. The Hall–Kier alpha value is -3.08. The SMILES string of the molecule is Cc1nc(Nc2ccc(Oc3ccccc3)cc2)cc(NC(C)C)n1. The molecule has 1 heterocycles. The molecule has 3 aromatic rings. The number of benzene rings is 2. The van der Waals surface area contributed by atoms with Crippen molar-refractivity contribution in [3.63, 3.8) is 0 Å². The third kappa shape index (κ3) is 4.94. The van der Waals surface area contributed by atoms with Crippen LogP contribution in [-0.4, -0.2) is 16.0 Å². The molecule has 0 atom stereocenters. The molecule has 0 aliphatic carbocycles. The molecule has 0 saturated carbocycles. The molecule has 2 N–H and O–H groups in total. The van der Waals surface area contributed by atoms with Crippen molar-refractivity contribution < 1.29 is 4.74 Å². The van der Waals surface area contributed by atoms with E-state index in [-0.39, 0.29) is 0 Å². The Bertz CT molecular complexity index is 817. The Balaban J connectivity index is 1.70. The number of ether oxygens (including phenoxy) is 1. The standard InChI is InChI=1S/C20H22N4O/c1-14(2)21-19-13-20(23-15(3)22-19)24-16-9-11-18(12-10-16)25-17-7-5-4-6-8-17/h4-14H,1-3H3,(H2,21,22,23,24). The van der Waals surface area contributed by atoms with E-state index in [0.717, 1.165) is 34.6 Å². The zero-order valence-electron chi connectivity index (χ0n) is 14.7. The molecule has 0 amide bonds. The molecule has 128 valence electrons. The minimum Gasteiger partial charge on any atom is -0.457 e. The first-order valence-electron chi connectivity index (χ1n) is 8.31. The quantitative estimate of drug-likeness (QED) is 0.653. The van der Waals surface area contributed by atoms with Crippen LogP contribution in [0.1, 0.15) is 19.7 Å². The van der Waals surface area contributed by atoms with Gasteiger partial charge in [-0.25, -0.2) is 9.97 Å². The van der Waals surface area contributed by atoms with E-state index in [9.17, 15) is 0 Å². The first-order valence-corrected chi connectivity index (χ1v) is 8.31. The number of hydrogen-bond acceptors (Lipinski definition) is 5. The van der Waals surface area contributed by atoms with Crippen LogP contribution >= 0.6 is 0 Å². The number of nitrogens with zero attached hydrogens (tertiary/aromatic N) is 2. The topological polar surface area (TPSA) is 59.1 Å². The number of nitrogens with one attached hydrogen (secondary N) is 2. The maximum atomic E-state index is 5.80. The van der Waals surface area contributed by atoms with Crippen molar-refractivity contribution >= 4 is 17.3 Å². The third-order valence-electron chi connectivity index (χ3n) is 3.38. The van der Waals surface area contributed by atoms with Gasteiger partial charge in [-0.2, -0.15) is 0 Å². The van der Waals surface area contributed by atoms with Gasteiger partial charge >= 0.3 is 0 Å². The van der Waals surface area contributed by atoms with Crippen molar-refractivity contribution in [1.29, 1.82) is 0 Å². The van der Waals surface area contributed by atoms with Gasteiger partial charge in [-0.05, 0) is 57.2 Å². The molecule has 2 aromatic carbocycles. The molecule has 0 radical (unpaired) electrons. The highest BCUT2D eigenvalue weighted by molar-refractivity contribution is 5.60. The van der Waals surface area contributed by atoms with E-state index in [4.69, 9.17) is 4.74 Å².